The maximum atomic E-state index is 9.40. The third kappa shape index (κ3) is 1.92. The molecule has 0 radical (unpaired) electrons. The Hall–Kier alpha value is -0.120. The van der Waals surface area contributed by atoms with Crippen molar-refractivity contribution in [2.45, 2.75) is 38.6 Å². The van der Waals surface area contributed by atoms with Crippen LogP contribution in [0.1, 0.15) is 20.3 Å². The van der Waals surface area contributed by atoms with Crippen LogP contribution >= 0.6 is 0 Å². The molecule has 0 aromatic rings. The second-order valence-corrected chi connectivity index (χ2v) is 3.50. The Labute approximate surface area is 67.5 Å². The zero-order chi connectivity index (χ0) is 8.43. The molecule has 66 valence electrons. The van der Waals surface area contributed by atoms with E-state index in [2.05, 4.69) is 13.8 Å². The summed E-state index contributed by atoms with van der Waals surface area (Å²) in [5, 5.41) is 9.40. The highest BCUT2D eigenvalue weighted by Gasteiger charge is 2.34. The highest BCUT2D eigenvalue weighted by atomic mass is 16.5. The van der Waals surface area contributed by atoms with Crippen LogP contribution < -0.4 is 5.73 Å². The van der Waals surface area contributed by atoms with Gasteiger partial charge in [-0.3, -0.25) is 0 Å². The minimum atomic E-state index is -0.354. The maximum absolute atomic E-state index is 9.40. The van der Waals surface area contributed by atoms with Crippen molar-refractivity contribution >= 4 is 0 Å². The molecule has 1 rings (SSSR count). The van der Waals surface area contributed by atoms with Crippen molar-refractivity contribution in [1.82, 2.24) is 0 Å². The fraction of sp³-hybridized carbons (Fsp3) is 1.00. The molecule has 1 aliphatic heterocycles. The zero-order valence-corrected chi connectivity index (χ0v) is 7.16. The normalized spacial score (nSPS) is 38.5. The van der Waals surface area contributed by atoms with Crippen LogP contribution in [0.5, 0.6) is 0 Å². The maximum Gasteiger partial charge on any atom is 0.0960 e. The van der Waals surface area contributed by atoms with E-state index in [0.29, 0.717) is 12.5 Å². The molecular formula is C8H17NO2. The van der Waals surface area contributed by atoms with Crippen molar-refractivity contribution in [2.75, 3.05) is 6.54 Å². The van der Waals surface area contributed by atoms with Crippen LogP contribution in [0.15, 0.2) is 0 Å². The van der Waals surface area contributed by atoms with Crippen LogP contribution in [0.4, 0.5) is 0 Å². The van der Waals surface area contributed by atoms with Crippen LogP contribution in [0.2, 0.25) is 0 Å². The molecule has 0 aromatic carbocycles. The molecule has 0 bridgehead atoms. The molecule has 1 saturated heterocycles. The summed E-state index contributed by atoms with van der Waals surface area (Å²) in [6.45, 7) is 4.61. The van der Waals surface area contributed by atoms with Gasteiger partial charge in [-0.2, -0.15) is 0 Å². The summed E-state index contributed by atoms with van der Waals surface area (Å²) in [5.74, 6) is 0.473. The molecule has 3 nitrogen and oxygen atoms in total. The third-order valence-electron chi connectivity index (χ3n) is 2.23. The summed E-state index contributed by atoms with van der Waals surface area (Å²) < 4.78 is 5.51. The van der Waals surface area contributed by atoms with E-state index in [1.54, 1.807) is 0 Å². The van der Waals surface area contributed by atoms with Crippen molar-refractivity contribution in [3.05, 3.63) is 0 Å². The van der Waals surface area contributed by atoms with E-state index in [0.717, 1.165) is 6.42 Å². The van der Waals surface area contributed by atoms with Gasteiger partial charge in [0.25, 0.3) is 0 Å². The van der Waals surface area contributed by atoms with Gasteiger partial charge in [-0.05, 0) is 5.92 Å². The SMILES string of the molecule is CC(C)C1CC(O)C(CN)O1. The molecule has 3 atom stereocenters. The van der Waals surface area contributed by atoms with E-state index in [4.69, 9.17) is 10.5 Å². The summed E-state index contributed by atoms with van der Waals surface area (Å²) in [6, 6.07) is 0. The first-order valence-corrected chi connectivity index (χ1v) is 4.18. The first kappa shape index (κ1) is 8.97. The Morgan fingerprint density at radius 3 is 2.55 bits per heavy atom. The smallest absolute Gasteiger partial charge is 0.0960 e. The molecule has 11 heavy (non-hydrogen) atoms. The van der Waals surface area contributed by atoms with Gasteiger partial charge in [0.15, 0.2) is 0 Å². The van der Waals surface area contributed by atoms with E-state index in [1.807, 2.05) is 0 Å². The molecule has 0 saturated carbocycles. The minimum Gasteiger partial charge on any atom is -0.390 e. The molecule has 0 aliphatic carbocycles. The largest absolute Gasteiger partial charge is 0.390 e. The predicted molar refractivity (Wildman–Crippen MR) is 43.2 cm³/mol. The van der Waals surface area contributed by atoms with Gasteiger partial charge in [0, 0.05) is 13.0 Å². The predicted octanol–water partition coefficient (Wildman–Crippen LogP) is 0.120. The molecule has 0 aromatic heterocycles. The Morgan fingerprint density at radius 2 is 2.27 bits per heavy atom. The van der Waals surface area contributed by atoms with Gasteiger partial charge in [0.2, 0.25) is 0 Å². The molecule has 1 fully saturated rings. The van der Waals surface area contributed by atoms with Crippen molar-refractivity contribution in [1.29, 1.82) is 0 Å². The zero-order valence-electron chi connectivity index (χ0n) is 7.16. The van der Waals surface area contributed by atoms with E-state index >= 15 is 0 Å². The molecule has 3 heteroatoms. The van der Waals surface area contributed by atoms with Crippen LogP contribution in [0.25, 0.3) is 0 Å². The molecular weight excluding hydrogens is 142 g/mol. The first-order valence-electron chi connectivity index (χ1n) is 4.18. The van der Waals surface area contributed by atoms with E-state index in [9.17, 15) is 5.11 Å². The van der Waals surface area contributed by atoms with E-state index < -0.39 is 0 Å². The van der Waals surface area contributed by atoms with Crippen LogP contribution in [0.3, 0.4) is 0 Å². The van der Waals surface area contributed by atoms with Crippen LogP contribution in [0, 0.1) is 5.92 Å². The van der Waals surface area contributed by atoms with Gasteiger partial charge in [0.1, 0.15) is 0 Å². The van der Waals surface area contributed by atoms with E-state index in [1.165, 1.54) is 0 Å². The second-order valence-electron chi connectivity index (χ2n) is 3.50. The summed E-state index contributed by atoms with van der Waals surface area (Å²) in [7, 11) is 0. The molecule has 1 heterocycles. The summed E-state index contributed by atoms with van der Waals surface area (Å²) >= 11 is 0. The number of hydrogen-bond acceptors (Lipinski definition) is 3. The number of aliphatic hydroxyl groups excluding tert-OH is 1. The number of ether oxygens (including phenoxy) is 1. The lowest BCUT2D eigenvalue weighted by Gasteiger charge is -2.14. The average molecular weight is 159 g/mol. The Bertz CT molecular complexity index is 127. The van der Waals surface area contributed by atoms with E-state index in [-0.39, 0.29) is 18.3 Å². The lowest BCUT2D eigenvalue weighted by atomic mass is 10.0. The fourth-order valence-electron chi connectivity index (χ4n) is 1.40. The molecule has 0 spiro atoms. The summed E-state index contributed by atoms with van der Waals surface area (Å²) in [5.41, 5.74) is 5.40. The highest BCUT2D eigenvalue weighted by molar-refractivity contribution is 4.83. The molecule has 3 unspecified atom stereocenters. The van der Waals surface area contributed by atoms with Gasteiger partial charge in [0.05, 0.1) is 18.3 Å². The second kappa shape index (κ2) is 3.52. The third-order valence-corrected chi connectivity index (χ3v) is 2.23. The minimum absolute atomic E-state index is 0.137. The quantitative estimate of drug-likeness (QED) is 0.601. The number of rotatable bonds is 2. The number of nitrogens with two attached hydrogens (primary N) is 1. The highest BCUT2D eigenvalue weighted by Crippen LogP contribution is 2.24. The topological polar surface area (TPSA) is 55.5 Å². The monoisotopic (exact) mass is 159 g/mol. The summed E-state index contributed by atoms with van der Waals surface area (Å²) in [4.78, 5) is 0. The van der Waals surface area contributed by atoms with Crippen molar-refractivity contribution in [3.8, 4) is 0 Å². The Kier molecular flexibility index (Phi) is 2.87. The Balaban J connectivity index is 2.43. The van der Waals surface area contributed by atoms with Crippen LogP contribution in [-0.4, -0.2) is 30.0 Å². The van der Waals surface area contributed by atoms with Gasteiger partial charge < -0.3 is 15.6 Å². The van der Waals surface area contributed by atoms with Crippen molar-refractivity contribution < 1.29 is 9.84 Å². The van der Waals surface area contributed by atoms with Gasteiger partial charge in [-0.25, -0.2) is 0 Å². The molecule has 1 aliphatic rings. The van der Waals surface area contributed by atoms with Gasteiger partial charge in [-0.15, -0.1) is 0 Å². The number of aliphatic hydroxyl groups is 1. The van der Waals surface area contributed by atoms with Crippen LogP contribution in [-0.2, 0) is 4.74 Å². The van der Waals surface area contributed by atoms with Crippen molar-refractivity contribution in [3.63, 3.8) is 0 Å². The fourth-order valence-corrected chi connectivity index (χ4v) is 1.40. The molecule has 3 N–H and O–H groups in total. The Morgan fingerprint density at radius 1 is 1.64 bits per heavy atom. The lowest BCUT2D eigenvalue weighted by molar-refractivity contribution is 0.0000985. The molecule has 0 amide bonds. The standard InChI is InChI=1S/C8H17NO2/c1-5(2)7-3-6(10)8(4-9)11-7/h5-8,10H,3-4,9H2,1-2H3. The van der Waals surface area contributed by atoms with Crippen molar-refractivity contribution in [2.24, 2.45) is 11.7 Å². The summed E-state index contributed by atoms with van der Waals surface area (Å²) in [6.07, 6.45) is 0.438. The van der Waals surface area contributed by atoms with Gasteiger partial charge in [-0.1, -0.05) is 13.8 Å². The first-order chi connectivity index (χ1) is 5.15. The average Bonchev–Trinajstić information content (AvgIpc) is 2.31. The number of hydrogen-bond donors (Lipinski definition) is 2. The van der Waals surface area contributed by atoms with Gasteiger partial charge >= 0.3 is 0 Å². The lowest BCUT2D eigenvalue weighted by Crippen LogP contribution is -2.29.